The van der Waals surface area contributed by atoms with E-state index in [0.29, 0.717) is 11.1 Å². The van der Waals surface area contributed by atoms with E-state index in [-0.39, 0.29) is 51.4 Å². The summed E-state index contributed by atoms with van der Waals surface area (Å²) in [6.07, 6.45) is 0. The molecule has 0 saturated carbocycles. The molecule has 3 amide bonds. The number of hydrogen-bond donors (Lipinski definition) is 6. The summed E-state index contributed by atoms with van der Waals surface area (Å²) in [6, 6.07) is 15.3. The van der Waals surface area contributed by atoms with E-state index in [4.69, 9.17) is 15.9 Å². The van der Waals surface area contributed by atoms with Crippen LogP contribution in [0.25, 0.3) is 0 Å². The van der Waals surface area contributed by atoms with E-state index < -0.39 is 28.2 Å². The second-order valence-electron chi connectivity index (χ2n) is 12.6. The number of aromatic hydroxyl groups is 4. The van der Waals surface area contributed by atoms with E-state index in [2.05, 4.69) is 0 Å². The van der Waals surface area contributed by atoms with Crippen molar-refractivity contribution in [3.8, 4) is 23.0 Å². The molecule has 0 heterocycles. The number of nitro benzene ring substituents is 1. The molecule has 0 aliphatic rings. The average molecular weight is 750 g/mol. The molecule has 4 aromatic rings. The lowest BCUT2D eigenvalue weighted by atomic mass is 10.1. The van der Waals surface area contributed by atoms with E-state index in [0.717, 1.165) is 16.7 Å². The standard InChI is InChI=1S/C10H12N2O4.C10H14N2O2.C10H13NO2.C8H8O3/c1-6-4-7(10(14)11(2)3)9(13)8(5-6)12(15)16;1-6-4-7(10(14)12(2)3)9(13)8(11)5-6;1-7-4-5-9(12)8(6-7)10(13)11(2)3;1-5-2-3-7(9)6(4-5)8(10)11/h4-5,13H,1-3H3;4-5,13H,11H2,1-3H3;4-6,12H,1-3H3;2-4,9H,1H3,(H,10,11). The van der Waals surface area contributed by atoms with E-state index in [1.165, 1.54) is 59.1 Å². The molecule has 0 saturated heterocycles. The van der Waals surface area contributed by atoms with Gasteiger partial charge in [0.25, 0.3) is 17.7 Å². The second kappa shape index (κ2) is 19.7. The van der Waals surface area contributed by atoms with Gasteiger partial charge < -0.3 is 46.0 Å². The lowest BCUT2D eigenvalue weighted by molar-refractivity contribution is -0.385. The van der Waals surface area contributed by atoms with Crippen LogP contribution in [0.3, 0.4) is 0 Å². The summed E-state index contributed by atoms with van der Waals surface area (Å²) in [6.45, 7) is 7.10. The summed E-state index contributed by atoms with van der Waals surface area (Å²) < 4.78 is 0. The first-order valence-electron chi connectivity index (χ1n) is 16.0. The fraction of sp³-hybridized carbons (Fsp3) is 0.263. The highest BCUT2D eigenvalue weighted by molar-refractivity contribution is 5.99. The van der Waals surface area contributed by atoms with Crippen molar-refractivity contribution in [3.05, 3.63) is 115 Å². The maximum absolute atomic E-state index is 11.6. The molecule has 54 heavy (non-hydrogen) atoms. The minimum absolute atomic E-state index is 0.0318. The first-order chi connectivity index (χ1) is 24.9. The highest BCUT2D eigenvalue weighted by Gasteiger charge is 2.23. The number of benzene rings is 4. The first-order valence-corrected chi connectivity index (χ1v) is 16.0. The number of hydrogen-bond acceptors (Lipinski definition) is 11. The van der Waals surface area contributed by atoms with Crippen molar-refractivity contribution in [2.75, 3.05) is 48.0 Å². The number of carboxylic acids is 1. The monoisotopic (exact) mass is 749 g/mol. The second-order valence-corrected chi connectivity index (χ2v) is 12.6. The summed E-state index contributed by atoms with van der Waals surface area (Å²) >= 11 is 0. The van der Waals surface area contributed by atoms with Gasteiger partial charge in [0, 0.05) is 48.4 Å². The minimum atomic E-state index is -1.11. The Morgan fingerprint density at radius 2 is 0.907 bits per heavy atom. The zero-order chi connectivity index (χ0) is 41.8. The molecule has 0 radical (unpaired) electrons. The van der Waals surface area contributed by atoms with Crippen LogP contribution in [-0.4, -0.2) is 111 Å². The highest BCUT2D eigenvalue weighted by atomic mass is 16.6. The Morgan fingerprint density at radius 1 is 0.556 bits per heavy atom. The van der Waals surface area contributed by atoms with Crippen molar-refractivity contribution in [3.63, 3.8) is 0 Å². The van der Waals surface area contributed by atoms with Gasteiger partial charge in [-0.15, -0.1) is 0 Å². The largest absolute Gasteiger partial charge is 0.507 e. The quantitative estimate of drug-likeness (QED) is 0.0675. The number of nitrogens with two attached hydrogens (primary N) is 1. The molecule has 290 valence electrons. The SMILES string of the molecule is Cc1cc(C(=O)N(C)C)c(O)c([N+](=O)[O-])c1.Cc1cc(N)c(O)c(C(=O)N(C)C)c1.Cc1ccc(O)c(C(=O)N(C)C)c1.Cc1ccc(O)c(C(=O)O)c1. The fourth-order valence-electron chi connectivity index (χ4n) is 4.40. The Kier molecular flexibility index (Phi) is 16.5. The van der Waals surface area contributed by atoms with Gasteiger partial charge in [0.1, 0.15) is 17.1 Å². The van der Waals surface area contributed by atoms with Crippen LogP contribution in [0.4, 0.5) is 11.4 Å². The van der Waals surface area contributed by atoms with Gasteiger partial charge in [-0.2, -0.15) is 0 Å². The molecule has 0 aromatic heterocycles. The Morgan fingerprint density at radius 3 is 1.30 bits per heavy atom. The Hall–Kier alpha value is -6.84. The summed E-state index contributed by atoms with van der Waals surface area (Å²) in [7, 11) is 9.58. The van der Waals surface area contributed by atoms with Gasteiger partial charge >= 0.3 is 11.7 Å². The number of carbonyl (C=O) groups excluding carboxylic acids is 3. The number of phenolic OH excluding ortho intramolecular Hbond substituents is 3. The third-order valence-corrected chi connectivity index (χ3v) is 7.16. The van der Waals surface area contributed by atoms with Crippen molar-refractivity contribution in [1.82, 2.24) is 14.7 Å². The number of amides is 3. The summed E-state index contributed by atoms with van der Waals surface area (Å²) in [5.41, 5.74) is 8.99. The molecule has 16 heteroatoms. The predicted octanol–water partition coefficient (Wildman–Crippen LogP) is 5.10. The van der Waals surface area contributed by atoms with Crippen LogP contribution in [0.5, 0.6) is 23.0 Å². The Balaban J connectivity index is 0.000000363. The Bertz CT molecular complexity index is 2030. The van der Waals surface area contributed by atoms with Crippen LogP contribution in [0.15, 0.2) is 60.7 Å². The van der Waals surface area contributed by atoms with Crippen molar-refractivity contribution in [2.24, 2.45) is 0 Å². The lowest BCUT2D eigenvalue weighted by Gasteiger charge is -2.13. The molecule has 0 fully saturated rings. The van der Waals surface area contributed by atoms with Gasteiger partial charge in [-0.1, -0.05) is 23.3 Å². The number of nitro groups is 1. The topological polar surface area (TPSA) is 248 Å². The van der Waals surface area contributed by atoms with Crippen LogP contribution >= 0.6 is 0 Å². The maximum atomic E-state index is 11.6. The van der Waals surface area contributed by atoms with Crippen LogP contribution in [-0.2, 0) is 0 Å². The number of nitrogens with zero attached hydrogens (tertiary/aromatic N) is 4. The molecule has 0 atom stereocenters. The van der Waals surface area contributed by atoms with Crippen LogP contribution in [0.2, 0.25) is 0 Å². The van der Waals surface area contributed by atoms with Gasteiger partial charge in [0.2, 0.25) is 5.75 Å². The molecule has 0 aliphatic carbocycles. The number of nitrogen functional groups attached to an aromatic ring is 1. The molecule has 4 aromatic carbocycles. The third kappa shape index (κ3) is 12.7. The van der Waals surface area contributed by atoms with E-state index in [1.54, 1.807) is 72.4 Å². The zero-order valence-corrected chi connectivity index (χ0v) is 31.8. The van der Waals surface area contributed by atoms with Crippen molar-refractivity contribution >= 4 is 35.1 Å². The van der Waals surface area contributed by atoms with Crippen molar-refractivity contribution in [1.29, 1.82) is 0 Å². The van der Waals surface area contributed by atoms with Gasteiger partial charge in [-0.05, 0) is 81.3 Å². The van der Waals surface area contributed by atoms with Gasteiger partial charge in [0.15, 0.2) is 5.75 Å². The van der Waals surface area contributed by atoms with Gasteiger partial charge in [-0.3, -0.25) is 24.5 Å². The van der Waals surface area contributed by atoms with E-state index in [9.17, 15) is 44.6 Å². The number of aromatic carboxylic acids is 1. The number of carbonyl (C=O) groups is 4. The first kappa shape index (κ1) is 45.2. The summed E-state index contributed by atoms with van der Waals surface area (Å²) in [4.78, 5) is 59.1. The van der Waals surface area contributed by atoms with Crippen LogP contribution in [0, 0.1) is 37.8 Å². The summed E-state index contributed by atoms with van der Waals surface area (Å²) in [5, 5.41) is 56.8. The molecule has 0 spiro atoms. The molecule has 7 N–H and O–H groups in total. The van der Waals surface area contributed by atoms with Gasteiger partial charge in [-0.25, -0.2) is 4.79 Å². The predicted molar refractivity (Wildman–Crippen MR) is 203 cm³/mol. The highest BCUT2D eigenvalue weighted by Crippen LogP contribution is 2.32. The van der Waals surface area contributed by atoms with E-state index in [1.807, 2.05) is 13.8 Å². The molecular weight excluding hydrogens is 702 g/mol. The molecule has 0 bridgehead atoms. The maximum Gasteiger partial charge on any atom is 0.339 e. The number of phenols is 4. The molecule has 4 rings (SSSR count). The average Bonchev–Trinajstić information content (AvgIpc) is 3.08. The molecular formula is C38H47N5O11. The normalized spacial score (nSPS) is 9.81. The minimum Gasteiger partial charge on any atom is -0.507 e. The fourth-order valence-corrected chi connectivity index (χ4v) is 4.40. The number of anilines is 1. The van der Waals surface area contributed by atoms with Crippen molar-refractivity contribution < 1.29 is 49.6 Å². The number of carboxylic acid groups (broad SMARTS) is 1. The smallest absolute Gasteiger partial charge is 0.339 e. The molecule has 16 nitrogen and oxygen atoms in total. The Labute approximate surface area is 313 Å². The number of rotatable bonds is 5. The molecule has 0 aliphatic heterocycles. The van der Waals surface area contributed by atoms with Crippen molar-refractivity contribution in [2.45, 2.75) is 27.7 Å². The molecule has 0 unspecified atom stereocenters. The van der Waals surface area contributed by atoms with Crippen LogP contribution in [0.1, 0.15) is 63.7 Å². The summed E-state index contributed by atoms with van der Waals surface area (Å²) in [5.74, 6) is -2.90. The van der Waals surface area contributed by atoms with Gasteiger partial charge in [0.05, 0.1) is 27.3 Å². The van der Waals surface area contributed by atoms with Crippen LogP contribution < -0.4 is 5.73 Å². The lowest BCUT2D eigenvalue weighted by Crippen LogP contribution is -2.22. The third-order valence-electron chi connectivity index (χ3n) is 7.16. The number of aryl methyl sites for hydroxylation is 4. The van der Waals surface area contributed by atoms with E-state index >= 15 is 0 Å². The zero-order valence-electron chi connectivity index (χ0n) is 31.8.